The van der Waals surface area contributed by atoms with Gasteiger partial charge in [-0.25, -0.2) is 0 Å². The van der Waals surface area contributed by atoms with Crippen molar-refractivity contribution in [1.82, 2.24) is 0 Å². The van der Waals surface area contributed by atoms with Crippen molar-refractivity contribution in [3.63, 3.8) is 0 Å². The molecule has 27 heavy (non-hydrogen) atoms. The molecule has 1 heterocycles. The van der Waals surface area contributed by atoms with Crippen LogP contribution in [0.3, 0.4) is 0 Å². The average molecular weight is 369 g/mol. The number of benzene rings is 2. The Labute approximate surface area is 158 Å². The summed E-state index contributed by atoms with van der Waals surface area (Å²) in [5.74, 6) is 1.82. The molecule has 6 heteroatoms. The molecule has 142 valence electrons. The van der Waals surface area contributed by atoms with Gasteiger partial charge in [0.05, 0.1) is 6.61 Å². The van der Waals surface area contributed by atoms with Crippen molar-refractivity contribution in [3.8, 4) is 23.0 Å². The summed E-state index contributed by atoms with van der Waals surface area (Å²) in [5, 5.41) is 2.83. The van der Waals surface area contributed by atoms with Crippen LogP contribution in [0.2, 0.25) is 0 Å². The van der Waals surface area contributed by atoms with E-state index < -0.39 is 5.79 Å². The van der Waals surface area contributed by atoms with Crippen LogP contribution in [-0.2, 0) is 4.79 Å². The molecule has 1 aliphatic carbocycles. The molecule has 4 rings (SSSR count). The van der Waals surface area contributed by atoms with E-state index in [1.165, 1.54) is 0 Å². The van der Waals surface area contributed by atoms with Gasteiger partial charge in [-0.1, -0.05) is 12.1 Å². The number of fused-ring (bicyclic) bond motifs is 1. The van der Waals surface area contributed by atoms with Crippen molar-refractivity contribution in [2.75, 3.05) is 18.5 Å². The molecule has 2 aromatic rings. The van der Waals surface area contributed by atoms with Crippen LogP contribution in [0.15, 0.2) is 42.5 Å². The lowest BCUT2D eigenvalue weighted by molar-refractivity contribution is -0.118. The van der Waals surface area contributed by atoms with Crippen molar-refractivity contribution < 1.29 is 23.7 Å². The minimum atomic E-state index is -0.503. The number of carbonyl (C=O) groups excluding carboxylic acids is 1. The van der Waals surface area contributed by atoms with Crippen LogP contribution in [0.4, 0.5) is 5.69 Å². The third-order valence-corrected chi connectivity index (χ3v) is 4.69. The minimum absolute atomic E-state index is 0.109. The monoisotopic (exact) mass is 369 g/mol. The molecule has 1 N–H and O–H groups in total. The van der Waals surface area contributed by atoms with Gasteiger partial charge in [0.25, 0.3) is 11.7 Å². The van der Waals surface area contributed by atoms with E-state index in [-0.39, 0.29) is 12.5 Å². The fourth-order valence-electron chi connectivity index (χ4n) is 3.47. The molecule has 6 nitrogen and oxygen atoms in total. The van der Waals surface area contributed by atoms with E-state index in [0.29, 0.717) is 29.5 Å². The topological polar surface area (TPSA) is 66.0 Å². The average Bonchev–Trinajstić information content (AvgIpc) is 3.27. The summed E-state index contributed by atoms with van der Waals surface area (Å²) >= 11 is 0. The summed E-state index contributed by atoms with van der Waals surface area (Å²) in [4.78, 5) is 12.3. The van der Waals surface area contributed by atoms with Gasteiger partial charge < -0.3 is 24.3 Å². The Bertz CT molecular complexity index is 829. The van der Waals surface area contributed by atoms with Gasteiger partial charge >= 0.3 is 0 Å². The van der Waals surface area contributed by atoms with Gasteiger partial charge in [0.15, 0.2) is 29.6 Å². The first kappa shape index (κ1) is 17.5. The summed E-state index contributed by atoms with van der Waals surface area (Å²) in [6, 6.07) is 12.7. The second-order valence-electron chi connectivity index (χ2n) is 6.70. The van der Waals surface area contributed by atoms with Crippen molar-refractivity contribution in [2.45, 2.75) is 38.4 Å². The van der Waals surface area contributed by atoms with E-state index in [0.717, 1.165) is 31.4 Å². The Kier molecular flexibility index (Phi) is 4.79. The number of anilines is 1. The zero-order chi connectivity index (χ0) is 18.7. The maximum Gasteiger partial charge on any atom is 0.262 e. The first-order chi connectivity index (χ1) is 13.2. The van der Waals surface area contributed by atoms with Crippen molar-refractivity contribution in [2.24, 2.45) is 0 Å². The van der Waals surface area contributed by atoms with Gasteiger partial charge in [-0.05, 0) is 44.0 Å². The van der Waals surface area contributed by atoms with Crippen LogP contribution in [0.25, 0.3) is 0 Å². The number of nitrogens with one attached hydrogen (secondary N) is 1. The van der Waals surface area contributed by atoms with Crippen molar-refractivity contribution in [3.05, 3.63) is 42.5 Å². The number of hydrogen-bond acceptors (Lipinski definition) is 5. The molecule has 2 aliphatic rings. The number of para-hydroxylation sites is 2. The minimum Gasteiger partial charge on any atom is -0.490 e. The van der Waals surface area contributed by atoms with Crippen LogP contribution in [0.5, 0.6) is 23.0 Å². The number of ether oxygens (including phenoxy) is 4. The molecule has 0 atom stereocenters. The molecule has 0 unspecified atom stereocenters. The standard InChI is InChI=1S/C21H23NO5/c1-2-24-16-7-3-4-8-17(16)25-14-20(23)22-15-9-10-18-19(13-15)27-21(26-18)11-5-6-12-21/h3-4,7-10,13H,2,5-6,11-12,14H2,1H3,(H,22,23). The second-order valence-corrected chi connectivity index (χ2v) is 6.70. The van der Waals surface area contributed by atoms with Gasteiger partial charge in [-0.15, -0.1) is 0 Å². The Hall–Kier alpha value is -2.89. The maximum atomic E-state index is 12.3. The Morgan fingerprint density at radius 2 is 1.74 bits per heavy atom. The molecule has 1 amide bonds. The normalized spacial score (nSPS) is 16.3. The SMILES string of the molecule is CCOc1ccccc1OCC(=O)Nc1ccc2c(c1)OC1(CCCC1)O2. The van der Waals surface area contributed by atoms with E-state index in [2.05, 4.69) is 5.32 Å². The first-order valence-electron chi connectivity index (χ1n) is 9.34. The van der Waals surface area contributed by atoms with E-state index in [4.69, 9.17) is 18.9 Å². The van der Waals surface area contributed by atoms with E-state index in [9.17, 15) is 4.79 Å². The number of rotatable bonds is 6. The van der Waals surface area contributed by atoms with Gasteiger partial charge in [0, 0.05) is 24.6 Å². The summed E-state index contributed by atoms with van der Waals surface area (Å²) in [5.41, 5.74) is 0.652. The summed E-state index contributed by atoms with van der Waals surface area (Å²) < 4.78 is 23.1. The fourth-order valence-corrected chi connectivity index (χ4v) is 3.47. The number of hydrogen-bond donors (Lipinski definition) is 1. The highest BCUT2D eigenvalue weighted by molar-refractivity contribution is 5.92. The molecule has 1 fully saturated rings. The predicted octanol–water partition coefficient (Wildman–Crippen LogP) is 4.14. The molecular formula is C21H23NO5. The van der Waals surface area contributed by atoms with Gasteiger partial charge in [0.2, 0.25) is 0 Å². The Morgan fingerprint density at radius 3 is 2.48 bits per heavy atom. The van der Waals surface area contributed by atoms with Gasteiger partial charge in [0.1, 0.15) is 0 Å². The molecular weight excluding hydrogens is 346 g/mol. The lowest BCUT2D eigenvalue weighted by atomic mass is 10.2. The molecule has 0 saturated heterocycles. The zero-order valence-corrected chi connectivity index (χ0v) is 15.3. The highest BCUT2D eigenvalue weighted by atomic mass is 16.7. The molecule has 0 aromatic heterocycles. The van der Waals surface area contributed by atoms with Crippen molar-refractivity contribution in [1.29, 1.82) is 0 Å². The van der Waals surface area contributed by atoms with E-state index in [1.807, 2.05) is 37.3 Å². The lowest BCUT2D eigenvalue weighted by Crippen LogP contribution is -2.34. The second kappa shape index (κ2) is 7.39. The smallest absolute Gasteiger partial charge is 0.262 e. The van der Waals surface area contributed by atoms with Crippen LogP contribution in [0, 0.1) is 0 Å². The predicted molar refractivity (Wildman–Crippen MR) is 101 cm³/mol. The van der Waals surface area contributed by atoms with Crippen LogP contribution in [0.1, 0.15) is 32.6 Å². The van der Waals surface area contributed by atoms with E-state index >= 15 is 0 Å². The molecule has 1 aliphatic heterocycles. The highest BCUT2D eigenvalue weighted by Crippen LogP contribution is 2.47. The lowest BCUT2D eigenvalue weighted by Gasteiger charge is -2.21. The van der Waals surface area contributed by atoms with Crippen LogP contribution >= 0.6 is 0 Å². The maximum absolute atomic E-state index is 12.3. The molecule has 1 saturated carbocycles. The van der Waals surface area contributed by atoms with Gasteiger partial charge in [-0.2, -0.15) is 0 Å². The zero-order valence-electron chi connectivity index (χ0n) is 15.3. The van der Waals surface area contributed by atoms with Crippen LogP contribution in [-0.4, -0.2) is 24.9 Å². The third kappa shape index (κ3) is 3.79. The summed E-state index contributed by atoms with van der Waals surface area (Å²) in [7, 11) is 0. The summed E-state index contributed by atoms with van der Waals surface area (Å²) in [6.07, 6.45) is 4.02. The molecule has 2 aromatic carbocycles. The van der Waals surface area contributed by atoms with Crippen molar-refractivity contribution >= 4 is 11.6 Å². The van der Waals surface area contributed by atoms with Crippen LogP contribution < -0.4 is 24.3 Å². The Balaban J connectivity index is 1.36. The molecule has 0 radical (unpaired) electrons. The highest BCUT2D eigenvalue weighted by Gasteiger charge is 2.44. The summed E-state index contributed by atoms with van der Waals surface area (Å²) in [6.45, 7) is 2.33. The fraction of sp³-hybridized carbons (Fsp3) is 0.381. The third-order valence-electron chi connectivity index (χ3n) is 4.69. The number of amides is 1. The molecule has 0 bridgehead atoms. The largest absolute Gasteiger partial charge is 0.490 e. The van der Waals surface area contributed by atoms with Gasteiger partial charge in [-0.3, -0.25) is 4.79 Å². The number of carbonyl (C=O) groups is 1. The first-order valence-corrected chi connectivity index (χ1v) is 9.34. The quantitative estimate of drug-likeness (QED) is 0.829. The molecule has 1 spiro atoms. The Morgan fingerprint density at radius 1 is 1.04 bits per heavy atom. The van der Waals surface area contributed by atoms with E-state index in [1.54, 1.807) is 12.1 Å².